The van der Waals surface area contributed by atoms with Gasteiger partial charge in [-0.3, -0.25) is 9.59 Å². The Morgan fingerprint density at radius 1 is 0.882 bits per heavy atom. The van der Waals surface area contributed by atoms with Gasteiger partial charge < -0.3 is 19.5 Å². The first kappa shape index (κ1) is 24.5. The van der Waals surface area contributed by atoms with Crippen LogP contribution in [0, 0.1) is 0 Å². The van der Waals surface area contributed by atoms with Gasteiger partial charge in [0, 0.05) is 10.0 Å². The van der Waals surface area contributed by atoms with Crippen molar-refractivity contribution in [1.82, 2.24) is 5.43 Å². The van der Waals surface area contributed by atoms with Crippen molar-refractivity contribution < 1.29 is 28.6 Å². The van der Waals surface area contributed by atoms with E-state index >= 15 is 0 Å². The van der Waals surface area contributed by atoms with Gasteiger partial charge >= 0.3 is 17.8 Å². The molecule has 9 nitrogen and oxygen atoms in total. The first-order chi connectivity index (χ1) is 16.4. The van der Waals surface area contributed by atoms with Gasteiger partial charge in [-0.1, -0.05) is 28.1 Å². The molecule has 0 fully saturated rings. The van der Waals surface area contributed by atoms with Gasteiger partial charge in [0.1, 0.15) is 17.2 Å². The van der Waals surface area contributed by atoms with Crippen LogP contribution in [0.2, 0.25) is 0 Å². The summed E-state index contributed by atoms with van der Waals surface area (Å²) in [7, 11) is 2.98. The van der Waals surface area contributed by atoms with E-state index in [2.05, 4.69) is 31.8 Å². The number of hydrazone groups is 1. The molecule has 3 rings (SSSR count). The summed E-state index contributed by atoms with van der Waals surface area (Å²) in [5.74, 6) is -1.28. The highest BCUT2D eigenvalue weighted by Crippen LogP contribution is 2.24. The SMILES string of the molecule is COc1ccc(C(=O)Oc2ccc(Br)cc2/C=N\NC(=O)C(=O)Nc2ccccc2OC)cc1. The van der Waals surface area contributed by atoms with E-state index in [1.807, 2.05) is 0 Å². The van der Waals surface area contributed by atoms with E-state index in [0.29, 0.717) is 32.8 Å². The monoisotopic (exact) mass is 525 g/mol. The number of ether oxygens (including phenoxy) is 3. The van der Waals surface area contributed by atoms with Crippen LogP contribution in [0.3, 0.4) is 0 Å². The van der Waals surface area contributed by atoms with Gasteiger partial charge in [0.25, 0.3) is 0 Å². The second-order valence-corrected chi connectivity index (χ2v) is 7.57. The van der Waals surface area contributed by atoms with E-state index in [1.165, 1.54) is 20.4 Å². The molecule has 0 radical (unpaired) electrons. The summed E-state index contributed by atoms with van der Waals surface area (Å²) in [5.41, 5.74) is 3.20. The van der Waals surface area contributed by atoms with Crippen LogP contribution in [0.25, 0.3) is 0 Å². The third-order valence-corrected chi connectivity index (χ3v) is 4.92. The predicted molar refractivity (Wildman–Crippen MR) is 129 cm³/mol. The minimum absolute atomic E-state index is 0.209. The summed E-state index contributed by atoms with van der Waals surface area (Å²) >= 11 is 3.34. The molecular weight excluding hydrogens is 506 g/mol. The van der Waals surface area contributed by atoms with Crippen molar-refractivity contribution in [2.24, 2.45) is 5.10 Å². The number of carbonyl (C=O) groups is 3. The lowest BCUT2D eigenvalue weighted by molar-refractivity contribution is -0.136. The quantitative estimate of drug-likeness (QED) is 0.159. The van der Waals surface area contributed by atoms with Crippen LogP contribution in [0.5, 0.6) is 17.2 Å². The number of halogens is 1. The largest absolute Gasteiger partial charge is 0.497 e. The maximum atomic E-state index is 12.5. The number of esters is 1. The van der Waals surface area contributed by atoms with Crippen LogP contribution in [0.1, 0.15) is 15.9 Å². The van der Waals surface area contributed by atoms with Crippen molar-refractivity contribution in [3.63, 3.8) is 0 Å². The van der Waals surface area contributed by atoms with Crippen LogP contribution in [0.15, 0.2) is 76.3 Å². The average molecular weight is 526 g/mol. The van der Waals surface area contributed by atoms with E-state index in [0.717, 1.165) is 0 Å². The molecule has 0 saturated carbocycles. The number of carbonyl (C=O) groups excluding carboxylic acids is 3. The maximum absolute atomic E-state index is 12.5. The van der Waals surface area contributed by atoms with Crippen LogP contribution in [0.4, 0.5) is 5.69 Å². The number of rotatable bonds is 7. The van der Waals surface area contributed by atoms with Crippen molar-refractivity contribution >= 4 is 45.6 Å². The van der Waals surface area contributed by atoms with Crippen molar-refractivity contribution in [2.45, 2.75) is 0 Å². The number of para-hydroxylation sites is 2. The number of anilines is 1. The van der Waals surface area contributed by atoms with Gasteiger partial charge in [-0.25, -0.2) is 10.2 Å². The molecule has 0 atom stereocenters. The molecule has 10 heteroatoms. The fraction of sp³-hybridized carbons (Fsp3) is 0.0833. The Hall–Kier alpha value is -4.18. The molecule has 2 N–H and O–H groups in total. The zero-order valence-electron chi connectivity index (χ0n) is 18.2. The van der Waals surface area contributed by atoms with Gasteiger partial charge in [0.2, 0.25) is 0 Å². The summed E-state index contributed by atoms with van der Waals surface area (Å²) < 4.78 is 16.4. The molecule has 0 aromatic heterocycles. The number of nitrogens with one attached hydrogen (secondary N) is 2. The lowest BCUT2D eigenvalue weighted by Gasteiger charge is -2.09. The number of methoxy groups -OCH3 is 2. The standard InChI is InChI=1S/C24H20BrN3O6/c1-32-18-10-7-15(8-11-18)24(31)34-20-12-9-17(25)13-16(20)14-26-28-23(30)22(29)27-19-5-3-4-6-21(19)33-2/h3-14H,1-2H3,(H,27,29)(H,28,30)/b26-14-. The lowest BCUT2D eigenvalue weighted by atomic mass is 10.2. The van der Waals surface area contributed by atoms with E-state index in [-0.39, 0.29) is 5.75 Å². The lowest BCUT2D eigenvalue weighted by Crippen LogP contribution is -2.32. The maximum Gasteiger partial charge on any atom is 0.343 e. The molecule has 0 saturated heterocycles. The summed E-state index contributed by atoms with van der Waals surface area (Å²) in [6.07, 6.45) is 1.26. The Morgan fingerprint density at radius 2 is 1.62 bits per heavy atom. The molecule has 0 aliphatic heterocycles. The Bertz CT molecular complexity index is 1230. The van der Waals surface area contributed by atoms with Gasteiger partial charge in [0.05, 0.1) is 31.7 Å². The zero-order valence-corrected chi connectivity index (χ0v) is 19.8. The molecule has 3 aromatic carbocycles. The van der Waals surface area contributed by atoms with E-state index < -0.39 is 17.8 Å². The van der Waals surface area contributed by atoms with Gasteiger partial charge in [-0.05, 0) is 54.6 Å². The van der Waals surface area contributed by atoms with Crippen molar-refractivity contribution in [1.29, 1.82) is 0 Å². The minimum atomic E-state index is -0.992. The smallest absolute Gasteiger partial charge is 0.343 e. The first-order valence-corrected chi connectivity index (χ1v) is 10.6. The van der Waals surface area contributed by atoms with Gasteiger partial charge in [0.15, 0.2) is 0 Å². The zero-order chi connectivity index (χ0) is 24.5. The molecule has 0 spiro atoms. The molecule has 2 amide bonds. The Kier molecular flexibility index (Phi) is 8.36. The first-order valence-electron chi connectivity index (χ1n) is 9.84. The number of hydrogen-bond donors (Lipinski definition) is 2. The summed E-state index contributed by atoms with van der Waals surface area (Å²) in [6.45, 7) is 0. The third kappa shape index (κ3) is 6.42. The molecule has 0 aliphatic carbocycles. The molecule has 34 heavy (non-hydrogen) atoms. The topological polar surface area (TPSA) is 115 Å². The van der Waals surface area contributed by atoms with Crippen molar-refractivity contribution in [2.75, 3.05) is 19.5 Å². The predicted octanol–water partition coefficient (Wildman–Crippen LogP) is 3.77. The fourth-order valence-electron chi connectivity index (χ4n) is 2.74. The normalized spacial score (nSPS) is 10.4. The van der Waals surface area contributed by atoms with Crippen LogP contribution in [-0.2, 0) is 9.59 Å². The fourth-order valence-corrected chi connectivity index (χ4v) is 3.12. The minimum Gasteiger partial charge on any atom is -0.497 e. The highest BCUT2D eigenvalue weighted by atomic mass is 79.9. The van der Waals surface area contributed by atoms with Crippen LogP contribution < -0.4 is 25.0 Å². The molecule has 0 aliphatic rings. The van der Waals surface area contributed by atoms with Gasteiger partial charge in [-0.2, -0.15) is 5.10 Å². The van der Waals surface area contributed by atoms with E-state index in [4.69, 9.17) is 14.2 Å². The van der Waals surface area contributed by atoms with E-state index in [1.54, 1.807) is 66.7 Å². The molecule has 3 aromatic rings. The highest BCUT2D eigenvalue weighted by molar-refractivity contribution is 9.10. The Morgan fingerprint density at radius 3 is 2.32 bits per heavy atom. The second-order valence-electron chi connectivity index (χ2n) is 6.65. The molecule has 0 unspecified atom stereocenters. The Balaban J connectivity index is 1.67. The second kappa shape index (κ2) is 11.6. The third-order valence-electron chi connectivity index (χ3n) is 4.43. The van der Waals surface area contributed by atoms with E-state index in [9.17, 15) is 14.4 Å². The Labute approximate surface area is 203 Å². The molecule has 0 heterocycles. The summed E-state index contributed by atoms with van der Waals surface area (Å²) in [4.78, 5) is 36.8. The number of benzene rings is 3. The highest BCUT2D eigenvalue weighted by Gasteiger charge is 2.16. The average Bonchev–Trinajstić information content (AvgIpc) is 2.85. The molecule has 174 valence electrons. The summed E-state index contributed by atoms with van der Waals surface area (Å²) in [5, 5.41) is 6.25. The summed E-state index contributed by atoms with van der Waals surface area (Å²) in [6, 6.07) is 18.0. The van der Waals surface area contributed by atoms with Crippen LogP contribution in [-0.4, -0.2) is 38.2 Å². The van der Waals surface area contributed by atoms with Crippen LogP contribution >= 0.6 is 15.9 Å². The van der Waals surface area contributed by atoms with Crippen molar-refractivity contribution in [3.05, 3.63) is 82.3 Å². The van der Waals surface area contributed by atoms with Crippen molar-refractivity contribution in [3.8, 4) is 17.2 Å². The number of hydrogen-bond acceptors (Lipinski definition) is 7. The number of amides is 2. The molecular formula is C24H20BrN3O6. The molecule has 0 bridgehead atoms. The number of nitrogens with zero attached hydrogens (tertiary/aromatic N) is 1. The van der Waals surface area contributed by atoms with Gasteiger partial charge in [-0.15, -0.1) is 0 Å².